The third-order valence-electron chi connectivity index (χ3n) is 3.68. The van der Waals surface area contributed by atoms with Gasteiger partial charge >= 0.3 is 12.1 Å². The standard InChI is InChI=1S/C13H15NO4/c1-9-11(12(15)18-2)14(9,13(16)17)8-10-6-4-3-5-7-10/h3-7,9,11H,8H2,1-2H3/p+1/t9-,11+,14?/m0/s1. The van der Waals surface area contributed by atoms with E-state index in [0.717, 1.165) is 5.56 Å². The van der Waals surface area contributed by atoms with Crippen molar-refractivity contribution in [2.24, 2.45) is 0 Å². The number of amides is 1. The molecule has 0 saturated carbocycles. The molecule has 96 valence electrons. The lowest BCUT2D eigenvalue weighted by Crippen LogP contribution is -2.37. The highest BCUT2D eigenvalue weighted by Gasteiger charge is 2.74. The second kappa shape index (κ2) is 4.42. The molecule has 5 nitrogen and oxygen atoms in total. The summed E-state index contributed by atoms with van der Waals surface area (Å²) in [6, 6.07) is 8.45. The molecule has 1 fully saturated rings. The molecule has 5 heteroatoms. The van der Waals surface area contributed by atoms with Gasteiger partial charge < -0.3 is 9.84 Å². The number of carbonyl (C=O) groups is 2. The summed E-state index contributed by atoms with van der Waals surface area (Å²) < 4.78 is 4.40. The Kier molecular flexibility index (Phi) is 3.09. The van der Waals surface area contributed by atoms with E-state index in [0.29, 0.717) is 6.54 Å². The Labute approximate surface area is 105 Å². The van der Waals surface area contributed by atoms with Gasteiger partial charge in [-0.15, -0.1) is 0 Å². The summed E-state index contributed by atoms with van der Waals surface area (Å²) in [6.45, 7) is 2.07. The Hall–Kier alpha value is -1.88. The van der Waals surface area contributed by atoms with E-state index in [2.05, 4.69) is 4.74 Å². The summed E-state index contributed by atoms with van der Waals surface area (Å²) in [5.74, 6) is -0.458. The van der Waals surface area contributed by atoms with Crippen LogP contribution in [0.4, 0.5) is 4.79 Å². The summed E-state index contributed by atoms with van der Waals surface area (Å²) in [5.41, 5.74) is 0.901. The van der Waals surface area contributed by atoms with Crippen LogP contribution < -0.4 is 0 Å². The van der Waals surface area contributed by atoms with Crippen LogP contribution in [-0.4, -0.2) is 40.8 Å². The van der Waals surface area contributed by atoms with Gasteiger partial charge in [-0.3, -0.25) is 0 Å². The van der Waals surface area contributed by atoms with E-state index in [1.807, 2.05) is 30.3 Å². The molecule has 1 N–H and O–H groups in total. The van der Waals surface area contributed by atoms with Crippen LogP contribution in [0, 0.1) is 0 Å². The van der Waals surface area contributed by atoms with Crippen LogP contribution in [0.1, 0.15) is 12.5 Å². The zero-order chi connectivity index (χ0) is 13.3. The number of rotatable bonds is 3. The van der Waals surface area contributed by atoms with Crippen LogP contribution in [0.15, 0.2) is 30.3 Å². The van der Waals surface area contributed by atoms with Gasteiger partial charge in [0, 0.05) is 5.56 Å². The Balaban J connectivity index is 2.26. The molecule has 0 aliphatic carbocycles. The van der Waals surface area contributed by atoms with Gasteiger partial charge in [-0.25, -0.2) is 4.79 Å². The normalized spacial score (nSPS) is 29.7. The quantitative estimate of drug-likeness (QED) is 0.503. The van der Waals surface area contributed by atoms with E-state index >= 15 is 0 Å². The number of quaternary nitrogens is 1. The van der Waals surface area contributed by atoms with Gasteiger partial charge in [0.05, 0.1) is 7.11 Å². The van der Waals surface area contributed by atoms with E-state index < -0.39 is 18.1 Å². The van der Waals surface area contributed by atoms with Crippen molar-refractivity contribution < 1.29 is 23.9 Å². The molecule has 1 saturated heterocycles. The van der Waals surface area contributed by atoms with Gasteiger partial charge in [-0.1, -0.05) is 30.3 Å². The minimum absolute atomic E-state index is 0.254. The molecule has 2 rings (SSSR count). The predicted octanol–water partition coefficient (Wildman–Crippen LogP) is 1.63. The van der Waals surface area contributed by atoms with Crippen LogP contribution >= 0.6 is 0 Å². The molecule has 1 aliphatic heterocycles. The number of carboxylic acid groups (broad SMARTS) is 1. The lowest BCUT2D eigenvalue weighted by molar-refractivity contribution is -0.759. The van der Waals surface area contributed by atoms with Gasteiger partial charge in [0.1, 0.15) is 6.54 Å². The minimum Gasteiger partial charge on any atom is -0.464 e. The number of carbonyl (C=O) groups excluding carboxylic acids is 1. The van der Waals surface area contributed by atoms with E-state index in [-0.39, 0.29) is 10.5 Å². The van der Waals surface area contributed by atoms with Gasteiger partial charge in [-0.05, 0) is 6.92 Å². The van der Waals surface area contributed by atoms with E-state index in [9.17, 15) is 14.7 Å². The van der Waals surface area contributed by atoms with Crippen LogP contribution in [0.2, 0.25) is 0 Å². The SMILES string of the molecule is COC(=O)[C@H]1[C@H](C)[N+]1(Cc1ccccc1)C(=O)O. The molecule has 0 bridgehead atoms. The lowest BCUT2D eigenvalue weighted by atomic mass is 10.2. The molecule has 1 aromatic rings. The van der Waals surface area contributed by atoms with Crippen LogP contribution in [-0.2, 0) is 16.1 Å². The molecule has 18 heavy (non-hydrogen) atoms. The van der Waals surface area contributed by atoms with E-state index in [1.54, 1.807) is 6.92 Å². The molecule has 1 amide bonds. The van der Waals surface area contributed by atoms with Crippen molar-refractivity contribution in [2.75, 3.05) is 7.11 Å². The third kappa shape index (κ3) is 1.76. The number of hydrogen-bond acceptors (Lipinski definition) is 3. The zero-order valence-electron chi connectivity index (χ0n) is 10.4. The minimum atomic E-state index is -0.984. The van der Waals surface area contributed by atoms with E-state index in [1.165, 1.54) is 7.11 Å². The summed E-state index contributed by atoms with van der Waals surface area (Å²) >= 11 is 0. The molecule has 0 radical (unpaired) electrons. The smallest absolute Gasteiger partial charge is 0.464 e. The first-order valence-corrected chi connectivity index (χ1v) is 5.76. The number of methoxy groups -OCH3 is 1. The zero-order valence-corrected chi connectivity index (χ0v) is 10.4. The fourth-order valence-electron chi connectivity index (χ4n) is 2.55. The third-order valence-corrected chi connectivity index (χ3v) is 3.68. The Morgan fingerprint density at radius 1 is 1.33 bits per heavy atom. The van der Waals surface area contributed by atoms with Crippen molar-refractivity contribution in [1.29, 1.82) is 0 Å². The van der Waals surface area contributed by atoms with Crippen molar-refractivity contribution in [1.82, 2.24) is 0 Å². The van der Waals surface area contributed by atoms with Crippen molar-refractivity contribution in [3.05, 3.63) is 35.9 Å². The highest BCUT2D eigenvalue weighted by Crippen LogP contribution is 2.43. The van der Waals surface area contributed by atoms with E-state index in [4.69, 9.17) is 0 Å². The first-order valence-electron chi connectivity index (χ1n) is 5.76. The van der Waals surface area contributed by atoms with Crippen LogP contribution in [0.3, 0.4) is 0 Å². The summed E-state index contributed by atoms with van der Waals surface area (Å²) in [7, 11) is 1.28. The first kappa shape index (κ1) is 12.6. The predicted molar refractivity (Wildman–Crippen MR) is 63.7 cm³/mol. The maximum atomic E-state index is 11.6. The van der Waals surface area contributed by atoms with Crippen molar-refractivity contribution in [3.63, 3.8) is 0 Å². The lowest BCUT2D eigenvalue weighted by Gasteiger charge is -2.14. The van der Waals surface area contributed by atoms with Gasteiger partial charge in [0.15, 0.2) is 6.04 Å². The van der Waals surface area contributed by atoms with Gasteiger partial charge in [0.2, 0.25) is 6.04 Å². The summed E-state index contributed by atoms with van der Waals surface area (Å²) in [5, 5.41) is 9.41. The second-order valence-electron chi connectivity index (χ2n) is 4.57. The molecule has 1 heterocycles. The average Bonchev–Trinajstić information content (AvgIpc) is 2.96. The number of ether oxygens (including phenoxy) is 1. The molecule has 0 spiro atoms. The molecular weight excluding hydrogens is 234 g/mol. The van der Waals surface area contributed by atoms with Crippen molar-refractivity contribution in [2.45, 2.75) is 25.6 Å². The highest BCUT2D eigenvalue weighted by molar-refractivity contribution is 5.81. The van der Waals surface area contributed by atoms with Gasteiger partial charge in [-0.2, -0.15) is 9.28 Å². The molecule has 1 aromatic carbocycles. The van der Waals surface area contributed by atoms with Crippen LogP contribution in [0.5, 0.6) is 0 Å². The molecule has 0 aromatic heterocycles. The number of benzene rings is 1. The van der Waals surface area contributed by atoms with Gasteiger partial charge in [0.25, 0.3) is 0 Å². The first-order chi connectivity index (χ1) is 8.54. The highest BCUT2D eigenvalue weighted by atomic mass is 16.5. The van der Waals surface area contributed by atoms with Crippen molar-refractivity contribution >= 4 is 12.1 Å². The largest absolute Gasteiger partial charge is 0.515 e. The fraction of sp³-hybridized carbons (Fsp3) is 0.385. The number of esters is 1. The summed E-state index contributed by atoms with van der Waals surface area (Å²) in [6.07, 6.45) is -0.984. The maximum absolute atomic E-state index is 11.6. The Bertz CT molecular complexity index is 473. The molecular formula is C13H16NO4+. The maximum Gasteiger partial charge on any atom is 0.515 e. The number of nitrogens with zero attached hydrogens (tertiary/aromatic N) is 1. The second-order valence-corrected chi connectivity index (χ2v) is 4.57. The Morgan fingerprint density at radius 2 is 1.94 bits per heavy atom. The van der Waals surface area contributed by atoms with Crippen molar-refractivity contribution in [3.8, 4) is 0 Å². The summed E-state index contributed by atoms with van der Waals surface area (Å²) in [4.78, 5) is 23.1. The molecule has 3 atom stereocenters. The average molecular weight is 250 g/mol. The number of hydrogen-bond donors (Lipinski definition) is 1. The van der Waals surface area contributed by atoms with Crippen LogP contribution in [0.25, 0.3) is 0 Å². The molecule has 1 unspecified atom stereocenters. The molecule has 1 aliphatic rings. The monoisotopic (exact) mass is 250 g/mol. The Morgan fingerprint density at radius 3 is 2.44 bits per heavy atom. The fourth-order valence-corrected chi connectivity index (χ4v) is 2.55. The topological polar surface area (TPSA) is 63.6 Å².